The van der Waals surface area contributed by atoms with Gasteiger partial charge in [0.25, 0.3) is 0 Å². The van der Waals surface area contributed by atoms with Gasteiger partial charge in [0.05, 0.1) is 24.7 Å². The second-order valence-electron chi connectivity index (χ2n) is 8.44. The van der Waals surface area contributed by atoms with Gasteiger partial charge in [0, 0.05) is 17.7 Å². The smallest absolute Gasteiger partial charge is 0.411 e. The molecule has 1 heterocycles. The van der Waals surface area contributed by atoms with Crippen LogP contribution in [0, 0.1) is 0 Å². The quantitative estimate of drug-likeness (QED) is 0.425. The maximum absolute atomic E-state index is 12.4. The van der Waals surface area contributed by atoms with Crippen LogP contribution < -0.4 is 10.6 Å². The Labute approximate surface area is 203 Å². The summed E-state index contributed by atoms with van der Waals surface area (Å²) in [4.78, 5) is 39.7. The van der Waals surface area contributed by atoms with E-state index in [9.17, 15) is 14.4 Å². The SMILES string of the molecule is CC[C@@H](CC(=O)O)NC(=O)Cc1ccc(NC(=O)OCC2c3ccccc3-c3ccccc32)cn1. The number of benzene rings is 2. The van der Waals surface area contributed by atoms with E-state index in [1.54, 1.807) is 12.1 Å². The molecule has 3 aromatic rings. The summed E-state index contributed by atoms with van der Waals surface area (Å²) in [6.07, 6.45) is 1.28. The number of rotatable bonds is 9. The Kier molecular flexibility index (Phi) is 7.40. The first-order valence-corrected chi connectivity index (χ1v) is 11.5. The number of ether oxygens (including phenoxy) is 1. The predicted molar refractivity (Wildman–Crippen MR) is 131 cm³/mol. The number of aliphatic carboxylic acids is 1. The van der Waals surface area contributed by atoms with Crippen molar-refractivity contribution in [1.29, 1.82) is 0 Å². The molecule has 1 atom stereocenters. The molecule has 8 nitrogen and oxygen atoms in total. The van der Waals surface area contributed by atoms with Gasteiger partial charge in [-0.1, -0.05) is 55.5 Å². The monoisotopic (exact) mass is 473 g/mol. The van der Waals surface area contributed by atoms with Crippen molar-refractivity contribution < 1.29 is 24.2 Å². The molecular formula is C27H27N3O5. The number of fused-ring (bicyclic) bond motifs is 3. The highest BCUT2D eigenvalue weighted by atomic mass is 16.5. The largest absolute Gasteiger partial charge is 0.481 e. The third-order valence-corrected chi connectivity index (χ3v) is 6.04. The number of carbonyl (C=O) groups is 3. The molecule has 2 amide bonds. The minimum absolute atomic E-state index is 0.0152. The van der Waals surface area contributed by atoms with Gasteiger partial charge in [-0.15, -0.1) is 0 Å². The summed E-state index contributed by atoms with van der Waals surface area (Å²) in [5, 5.41) is 14.3. The number of carbonyl (C=O) groups excluding carboxylic acids is 2. The van der Waals surface area contributed by atoms with Crippen LogP contribution in [-0.4, -0.2) is 40.7 Å². The molecule has 1 aliphatic carbocycles. The molecule has 0 aliphatic heterocycles. The lowest BCUT2D eigenvalue weighted by Gasteiger charge is -2.15. The van der Waals surface area contributed by atoms with Gasteiger partial charge in [-0.2, -0.15) is 0 Å². The van der Waals surface area contributed by atoms with Gasteiger partial charge < -0.3 is 15.2 Å². The third-order valence-electron chi connectivity index (χ3n) is 6.04. The Balaban J connectivity index is 1.30. The Morgan fingerprint density at radius 1 is 1.00 bits per heavy atom. The van der Waals surface area contributed by atoms with E-state index < -0.39 is 18.1 Å². The maximum atomic E-state index is 12.4. The average molecular weight is 474 g/mol. The Morgan fingerprint density at radius 3 is 2.23 bits per heavy atom. The van der Waals surface area contributed by atoms with E-state index in [1.165, 1.54) is 6.20 Å². The van der Waals surface area contributed by atoms with Crippen molar-refractivity contribution in [1.82, 2.24) is 10.3 Å². The first-order valence-electron chi connectivity index (χ1n) is 11.5. The second kappa shape index (κ2) is 10.8. The first kappa shape index (κ1) is 23.9. The molecule has 0 spiro atoms. The predicted octanol–water partition coefficient (Wildman–Crippen LogP) is 4.35. The van der Waals surface area contributed by atoms with Crippen LogP contribution in [0.5, 0.6) is 0 Å². The third kappa shape index (κ3) is 5.84. The summed E-state index contributed by atoms with van der Waals surface area (Å²) < 4.78 is 5.54. The fraction of sp³-hybridized carbons (Fsp3) is 0.259. The lowest BCUT2D eigenvalue weighted by molar-refractivity contribution is -0.137. The second-order valence-corrected chi connectivity index (χ2v) is 8.44. The maximum Gasteiger partial charge on any atom is 0.411 e. The molecule has 0 bridgehead atoms. The number of nitrogens with zero attached hydrogens (tertiary/aromatic N) is 1. The van der Waals surface area contributed by atoms with E-state index in [4.69, 9.17) is 9.84 Å². The number of aromatic nitrogens is 1. The Hall–Kier alpha value is -4.20. The van der Waals surface area contributed by atoms with E-state index in [1.807, 2.05) is 31.2 Å². The van der Waals surface area contributed by atoms with Gasteiger partial charge in [0.2, 0.25) is 5.91 Å². The number of carboxylic acids is 1. The highest BCUT2D eigenvalue weighted by molar-refractivity contribution is 5.85. The molecule has 2 aromatic carbocycles. The number of hydrogen-bond acceptors (Lipinski definition) is 5. The lowest BCUT2D eigenvalue weighted by Crippen LogP contribution is -2.37. The van der Waals surface area contributed by atoms with Crippen LogP contribution in [0.15, 0.2) is 66.9 Å². The molecule has 0 saturated heterocycles. The van der Waals surface area contributed by atoms with Gasteiger partial charge in [0.15, 0.2) is 0 Å². The number of amides is 2. The van der Waals surface area contributed by atoms with Crippen LogP contribution in [0.3, 0.4) is 0 Å². The summed E-state index contributed by atoms with van der Waals surface area (Å²) in [6, 6.07) is 19.1. The fourth-order valence-electron chi connectivity index (χ4n) is 4.31. The van der Waals surface area contributed by atoms with E-state index >= 15 is 0 Å². The summed E-state index contributed by atoms with van der Waals surface area (Å²) in [6.45, 7) is 2.02. The fourth-order valence-corrected chi connectivity index (χ4v) is 4.31. The number of pyridine rings is 1. The highest BCUT2D eigenvalue weighted by Crippen LogP contribution is 2.44. The molecule has 1 aromatic heterocycles. The Morgan fingerprint density at radius 2 is 1.66 bits per heavy atom. The number of carboxylic acid groups (broad SMARTS) is 1. The summed E-state index contributed by atoms with van der Waals surface area (Å²) in [5.41, 5.74) is 5.55. The zero-order valence-electron chi connectivity index (χ0n) is 19.4. The lowest BCUT2D eigenvalue weighted by atomic mass is 9.98. The molecular weight excluding hydrogens is 446 g/mol. The van der Waals surface area contributed by atoms with E-state index in [-0.39, 0.29) is 31.3 Å². The van der Waals surface area contributed by atoms with Crippen LogP contribution >= 0.6 is 0 Å². The van der Waals surface area contributed by atoms with Crippen molar-refractivity contribution in [3.8, 4) is 11.1 Å². The minimum atomic E-state index is -0.959. The molecule has 4 rings (SSSR count). The van der Waals surface area contributed by atoms with Crippen molar-refractivity contribution >= 4 is 23.7 Å². The van der Waals surface area contributed by atoms with E-state index in [0.29, 0.717) is 17.8 Å². The van der Waals surface area contributed by atoms with Gasteiger partial charge in [-0.3, -0.25) is 19.9 Å². The first-order chi connectivity index (χ1) is 16.9. The normalized spacial score (nSPS) is 12.8. The van der Waals surface area contributed by atoms with Gasteiger partial charge in [0.1, 0.15) is 6.61 Å². The van der Waals surface area contributed by atoms with Gasteiger partial charge in [-0.05, 0) is 40.8 Å². The summed E-state index contributed by atoms with van der Waals surface area (Å²) >= 11 is 0. The van der Waals surface area contributed by atoms with E-state index in [2.05, 4.69) is 39.9 Å². The van der Waals surface area contributed by atoms with Crippen molar-refractivity contribution in [3.05, 3.63) is 83.7 Å². The summed E-state index contributed by atoms with van der Waals surface area (Å²) in [7, 11) is 0. The van der Waals surface area contributed by atoms with Crippen molar-refractivity contribution in [2.24, 2.45) is 0 Å². The van der Waals surface area contributed by atoms with Gasteiger partial charge in [-0.25, -0.2) is 4.79 Å². The molecule has 8 heteroatoms. The molecule has 3 N–H and O–H groups in total. The van der Waals surface area contributed by atoms with Crippen molar-refractivity contribution in [2.45, 2.75) is 38.1 Å². The van der Waals surface area contributed by atoms with Crippen molar-refractivity contribution in [3.63, 3.8) is 0 Å². The van der Waals surface area contributed by atoms with Crippen LogP contribution in [0.25, 0.3) is 11.1 Å². The van der Waals surface area contributed by atoms with Crippen LogP contribution in [0.1, 0.15) is 42.5 Å². The molecule has 180 valence electrons. The zero-order valence-corrected chi connectivity index (χ0v) is 19.4. The number of hydrogen-bond donors (Lipinski definition) is 3. The highest BCUT2D eigenvalue weighted by Gasteiger charge is 2.29. The van der Waals surface area contributed by atoms with Crippen LogP contribution in [-0.2, 0) is 20.7 Å². The topological polar surface area (TPSA) is 118 Å². The molecule has 0 fully saturated rings. The Bertz CT molecular complexity index is 1180. The van der Waals surface area contributed by atoms with Crippen LogP contribution in [0.2, 0.25) is 0 Å². The van der Waals surface area contributed by atoms with E-state index in [0.717, 1.165) is 22.3 Å². The van der Waals surface area contributed by atoms with Gasteiger partial charge >= 0.3 is 12.1 Å². The summed E-state index contributed by atoms with van der Waals surface area (Å²) in [5.74, 6) is -1.29. The minimum Gasteiger partial charge on any atom is -0.481 e. The molecule has 0 saturated carbocycles. The zero-order chi connectivity index (χ0) is 24.8. The molecule has 0 radical (unpaired) electrons. The number of anilines is 1. The van der Waals surface area contributed by atoms with Crippen LogP contribution in [0.4, 0.5) is 10.5 Å². The molecule has 35 heavy (non-hydrogen) atoms. The van der Waals surface area contributed by atoms with Crippen molar-refractivity contribution in [2.75, 3.05) is 11.9 Å². The standard InChI is InChI=1S/C27H27N3O5/c1-2-17(14-26(32)33)29-25(31)13-18-11-12-19(15-28-18)30-27(34)35-16-24-22-9-5-3-7-20(22)21-8-4-6-10-23(21)24/h3-12,15,17,24H,2,13-14,16H2,1H3,(H,29,31)(H,30,34)(H,32,33)/t17-/m0/s1. The molecule has 1 aliphatic rings. The number of nitrogens with one attached hydrogen (secondary N) is 2. The average Bonchev–Trinajstić information content (AvgIpc) is 3.17. The molecule has 0 unspecified atom stereocenters.